The molecule has 1 unspecified atom stereocenters. The largest absolute Gasteiger partial charge is 1.00 e. The summed E-state index contributed by atoms with van der Waals surface area (Å²) in [4.78, 5) is 0. The average molecular weight is 435 g/mol. The highest BCUT2D eigenvalue weighted by molar-refractivity contribution is 4.56. The molecule has 0 bridgehead atoms. The number of unbranched alkanes of at least 4 members (excludes halogenated alkanes) is 13. The zero-order valence-corrected chi connectivity index (χ0v) is 20.7. The van der Waals surface area contributed by atoms with Crippen LogP contribution in [0.4, 0.5) is 0 Å². The van der Waals surface area contributed by atoms with Crippen LogP contribution < -0.4 is 17.0 Å². The second-order valence-electron chi connectivity index (χ2n) is 8.40. The van der Waals surface area contributed by atoms with E-state index in [-0.39, 0.29) is 17.0 Å². The average Bonchev–Trinajstić information content (AvgIpc) is 2.64. The van der Waals surface area contributed by atoms with Crippen LogP contribution >= 0.6 is 0 Å². The molecule has 0 N–H and O–H groups in total. The minimum atomic E-state index is 0. The van der Waals surface area contributed by atoms with Crippen molar-refractivity contribution in [3.63, 3.8) is 0 Å². The van der Waals surface area contributed by atoms with Gasteiger partial charge in [0.15, 0.2) is 0 Å². The lowest BCUT2D eigenvalue weighted by molar-refractivity contribution is -0.945. The summed E-state index contributed by atoms with van der Waals surface area (Å²) in [5.41, 5.74) is 0. The first kappa shape index (κ1) is 28.6. The van der Waals surface area contributed by atoms with Gasteiger partial charge in [0.25, 0.3) is 0 Å². The quantitative estimate of drug-likeness (QED) is 0.195. The van der Waals surface area contributed by atoms with Gasteiger partial charge in [-0.05, 0) is 40.5 Å². The summed E-state index contributed by atoms with van der Waals surface area (Å²) in [5, 5.41) is 0. The SMILES string of the molecule is CCCCCCCCCCCCCCCCC(C)[N+](CC)(CC)CC.[Br-]. The van der Waals surface area contributed by atoms with Gasteiger partial charge in [-0.25, -0.2) is 0 Å². The van der Waals surface area contributed by atoms with Gasteiger partial charge in [0.05, 0.1) is 25.7 Å². The number of quaternary nitrogens is 1. The summed E-state index contributed by atoms with van der Waals surface area (Å²) in [6.45, 7) is 15.8. The van der Waals surface area contributed by atoms with E-state index in [1.54, 1.807) is 0 Å². The number of hydrogen-bond donors (Lipinski definition) is 0. The molecule has 0 saturated carbocycles. The number of nitrogens with zero attached hydrogens (tertiary/aromatic N) is 1. The van der Waals surface area contributed by atoms with Crippen LogP contribution in [0, 0.1) is 0 Å². The molecule has 1 nitrogen and oxygen atoms in total. The minimum Gasteiger partial charge on any atom is -1.00 e. The van der Waals surface area contributed by atoms with Gasteiger partial charge in [0.1, 0.15) is 0 Å². The first-order valence-electron chi connectivity index (χ1n) is 12.0. The summed E-state index contributed by atoms with van der Waals surface area (Å²) in [6, 6.07) is 0.845. The highest BCUT2D eigenvalue weighted by Gasteiger charge is 2.27. The predicted octanol–water partition coefficient (Wildman–Crippen LogP) is 5.13. The molecule has 0 spiro atoms. The number of halogens is 1. The molecule has 0 fully saturated rings. The van der Waals surface area contributed by atoms with E-state index in [1.165, 1.54) is 120 Å². The zero-order chi connectivity index (χ0) is 18.8. The Kier molecular flexibility index (Phi) is 22.2. The Morgan fingerprint density at radius 1 is 0.500 bits per heavy atom. The summed E-state index contributed by atoms with van der Waals surface area (Å²) in [6.07, 6.45) is 21.9. The summed E-state index contributed by atoms with van der Waals surface area (Å²) in [7, 11) is 0. The van der Waals surface area contributed by atoms with Crippen molar-refractivity contribution >= 4 is 0 Å². The highest BCUT2D eigenvalue weighted by atomic mass is 79.9. The Balaban J connectivity index is 0. The highest BCUT2D eigenvalue weighted by Crippen LogP contribution is 2.19. The van der Waals surface area contributed by atoms with Gasteiger partial charge in [0.2, 0.25) is 0 Å². The van der Waals surface area contributed by atoms with E-state index in [0.29, 0.717) is 0 Å². The third-order valence-electron chi connectivity index (χ3n) is 6.80. The molecule has 0 aromatic rings. The van der Waals surface area contributed by atoms with Crippen molar-refractivity contribution in [1.82, 2.24) is 0 Å². The maximum absolute atomic E-state index is 2.48. The van der Waals surface area contributed by atoms with Crippen LogP contribution in [0.5, 0.6) is 0 Å². The standard InChI is InChI=1S/C24H52N.BrH/c1-6-10-11-12-13-14-15-16-17-18-19-20-21-22-23-24(5)25(7-2,8-3)9-4;/h24H,6-23H2,1-5H3;1H/q+1;/p-1. The maximum Gasteiger partial charge on any atom is 0.0861 e. The normalized spacial score (nSPS) is 12.8. The molecule has 2 heteroatoms. The molecule has 0 aliphatic rings. The molecule has 26 heavy (non-hydrogen) atoms. The van der Waals surface area contributed by atoms with Crippen LogP contribution in [0.3, 0.4) is 0 Å². The molecule has 0 saturated heterocycles. The summed E-state index contributed by atoms with van der Waals surface area (Å²) >= 11 is 0. The molecule has 0 heterocycles. The van der Waals surface area contributed by atoms with Gasteiger partial charge < -0.3 is 21.5 Å². The van der Waals surface area contributed by atoms with Gasteiger partial charge in [-0.3, -0.25) is 0 Å². The van der Waals surface area contributed by atoms with Crippen LogP contribution in [-0.4, -0.2) is 30.2 Å². The van der Waals surface area contributed by atoms with Gasteiger partial charge in [0, 0.05) is 0 Å². The van der Waals surface area contributed by atoms with E-state index in [4.69, 9.17) is 0 Å². The lowest BCUT2D eigenvalue weighted by atomic mass is 10.0. The maximum atomic E-state index is 2.48. The molecule has 160 valence electrons. The van der Waals surface area contributed by atoms with Crippen LogP contribution in [0.2, 0.25) is 0 Å². The van der Waals surface area contributed by atoms with E-state index in [1.807, 2.05) is 0 Å². The summed E-state index contributed by atoms with van der Waals surface area (Å²) in [5.74, 6) is 0. The topological polar surface area (TPSA) is 0 Å². The first-order valence-corrected chi connectivity index (χ1v) is 12.0. The molecular formula is C24H52BrN. The third-order valence-corrected chi connectivity index (χ3v) is 6.80. The number of rotatable bonds is 19. The summed E-state index contributed by atoms with van der Waals surface area (Å²) < 4.78 is 1.32. The first-order chi connectivity index (χ1) is 12.2. The Labute approximate surface area is 178 Å². The van der Waals surface area contributed by atoms with Crippen molar-refractivity contribution in [2.24, 2.45) is 0 Å². The van der Waals surface area contributed by atoms with Gasteiger partial charge >= 0.3 is 0 Å². The van der Waals surface area contributed by atoms with Gasteiger partial charge in [-0.15, -0.1) is 0 Å². The van der Waals surface area contributed by atoms with Crippen LogP contribution in [0.15, 0.2) is 0 Å². The number of hydrogen-bond acceptors (Lipinski definition) is 0. The molecule has 0 aromatic carbocycles. The molecule has 0 radical (unpaired) electrons. The van der Waals surface area contributed by atoms with E-state index in [2.05, 4.69) is 34.6 Å². The van der Waals surface area contributed by atoms with Crippen molar-refractivity contribution in [1.29, 1.82) is 0 Å². The van der Waals surface area contributed by atoms with E-state index >= 15 is 0 Å². The van der Waals surface area contributed by atoms with Crippen molar-refractivity contribution in [3.8, 4) is 0 Å². The van der Waals surface area contributed by atoms with E-state index < -0.39 is 0 Å². The lowest BCUT2D eigenvalue weighted by Gasteiger charge is -2.41. The van der Waals surface area contributed by atoms with Crippen LogP contribution in [-0.2, 0) is 0 Å². The van der Waals surface area contributed by atoms with Gasteiger partial charge in [-0.1, -0.05) is 90.4 Å². The zero-order valence-electron chi connectivity index (χ0n) is 19.1. The second-order valence-corrected chi connectivity index (χ2v) is 8.40. The molecule has 0 amide bonds. The van der Waals surface area contributed by atoms with Crippen LogP contribution in [0.1, 0.15) is 131 Å². The second kappa shape index (κ2) is 20.2. The Morgan fingerprint density at radius 3 is 1.12 bits per heavy atom. The predicted molar refractivity (Wildman–Crippen MR) is 116 cm³/mol. The van der Waals surface area contributed by atoms with Crippen molar-refractivity contribution in [3.05, 3.63) is 0 Å². The Bertz CT molecular complexity index is 255. The molecular weight excluding hydrogens is 382 g/mol. The molecule has 1 atom stereocenters. The third kappa shape index (κ3) is 13.6. The smallest absolute Gasteiger partial charge is 0.0861 e. The fourth-order valence-electron chi connectivity index (χ4n) is 4.51. The van der Waals surface area contributed by atoms with E-state index in [9.17, 15) is 0 Å². The Hall–Kier alpha value is 0.440. The molecule has 0 aliphatic carbocycles. The molecule has 0 rings (SSSR count). The fraction of sp³-hybridized carbons (Fsp3) is 1.00. The van der Waals surface area contributed by atoms with Crippen LogP contribution in [0.25, 0.3) is 0 Å². The van der Waals surface area contributed by atoms with Crippen molar-refractivity contribution in [2.45, 2.75) is 137 Å². The van der Waals surface area contributed by atoms with E-state index in [0.717, 1.165) is 6.04 Å². The Morgan fingerprint density at radius 2 is 0.808 bits per heavy atom. The van der Waals surface area contributed by atoms with Crippen molar-refractivity contribution < 1.29 is 21.5 Å². The van der Waals surface area contributed by atoms with Crippen molar-refractivity contribution in [2.75, 3.05) is 19.6 Å². The molecule has 0 aliphatic heterocycles. The molecule has 0 aromatic heterocycles. The monoisotopic (exact) mass is 433 g/mol. The minimum absolute atomic E-state index is 0. The lowest BCUT2D eigenvalue weighted by Crippen LogP contribution is -3.00. The fourth-order valence-corrected chi connectivity index (χ4v) is 4.51. The van der Waals surface area contributed by atoms with Gasteiger partial charge in [-0.2, -0.15) is 0 Å².